The summed E-state index contributed by atoms with van der Waals surface area (Å²) in [5.41, 5.74) is 4.37. The third kappa shape index (κ3) is 6.64. The Bertz CT molecular complexity index is 3070. The second kappa shape index (κ2) is 15.8. The maximum Gasteiger partial charge on any atom is 0.242 e. The van der Waals surface area contributed by atoms with Crippen molar-refractivity contribution < 1.29 is 29.0 Å². The molecule has 10 rings (SSSR count). The van der Waals surface area contributed by atoms with E-state index >= 15 is 9.59 Å². The van der Waals surface area contributed by atoms with Crippen molar-refractivity contribution in [3.8, 4) is 22.1 Å². The fraction of sp³-hybridized carbons (Fsp3) is 0.286. The molecule has 2 aliphatic carbocycles. The summed E-state index contributed by atoms with van der Waals surface area (Å²) in [4.78, 5) is 65.0. The summed E-state index contributed by atoms with van der Waals surface area (Å²) in [6.07, 6.45) is 2.42. The summed E-state index contributed by atoms with van der Waals surface area (Å²) in [6, 6.07) is 25.4. The molecule has 6 atom stereocenters. The molecule has 4 aliphatic rings. The number of allylic oxidation sites excluding steroid dienone is 2. The zero-order valence-corrected chi connectivity index (χ0v) is 39.4. The molecule has 0 bridgehead atoms. The minimum absolute atomic E-state index is 0.113. The average molecular weight is 973 g/mol. The maximum absolute atomic E-state index is 15.3. The van der Waals surface area contributed by atoms with Crippen molar-refractivity contribution in [1.82, 2.24) is 9.78 Å². The Hall–Kier alpha value is -6.16. The number of azo groups is 1. The van der Waals surface area contributed by atoms with Gasteiger partial charge in [0.1, 0.15) is 11.5 Å². The average Bonchev–Trinajstić information content (AvgIpc) is 3.96. The first-order chi connectivity index (χ1) is 31.1. The zero-order chi connectivity index (χ0) is 45.8. The number of hydrogen-bond donors (Lipinski definition) is 1. The number of phenols is 1. The first kappa shape index (κ1) is 42.8. The number of anilines is 3. The second-order valence-electron chi connectivity index (χ2n) is 17.6. The molecule has 0 unspecified atom stereocenters. The van der Waals surface area contributed by atoms with Gasteiger partial charge in [-0.2, -0.15) is 15.3 Å². The van der Waals surface area contributed by atoms with Crippen LogP contribution in [0.3, 0.4) is 0 Å². The van der Waals surface area contributed by atoms with Crippen LogP contribution in [0.5, 0.6) is 11.5 Å². The van der Waals surface area contributed by atoms with Gasteiger partial charge in [-0.3, -0.25) is 28.8 Å². The molecule has 2 aliphatic heterocycles. The molecular formula is C49H43BrClN7O6S. The Morgan fingerprint density at radius 1 is 0.908 bits per heavy atom. The van der Waals surface area contributed by atoms with Gasteiger partial charge in [-0.1, -0.05) is 23.3 Å². The predicted molar refractivity (Wildman–Crippen MR) is 255 cm³/mol. The highest BCUT2D eigenvalue weighted by Crippen LogP contribution is 2.64. The van der Waals surface area contributed by atoms with Gasteiger partial charge in [-0.25, -0.2) is 4.90 Å². The van der Waals surface area contributed by atoms with E-state index < -0.39 is 46.8 Å². The number of carbonyl (C=O) groups is 4. The first-order valence-corrected chi connectivity index (χ1v) is 23.1. The molecule has 1 N–H and O–H groups in total. The fourth-order valence-corrected chi connectivity index (χ4v) is 12.4. The van der Waals surface area contributed by atoms with Crippen molar-refractivity contribution in [3.63, 3.8) is 0 Å². The van der Waals surface area contributed by atoms with E-state index in [0.29, 0.717) is 43.6 Å². The van der Waals surface area contributed by atoms with E-state index in [0.717, 1.165) is 31.8 Å². The van der Waals surface area contributed by atoms with Crippen LogP contribution in [0.2, 0.25) is 5.02 Å². The van der Waals surface area contributed by atoms with Crippen LogP contribution in [0, 0.1) is 36.0 Å². The molecule has 2 saturated heterocycles. The molecule has 13 nitrogen and oxygen atoms in total. The van der Waals surface area contributed by atoms with Crippen LogP contribution in [-0.4, -0.2) is 59.7 Å². The predicted octanol–water partition coefficient (Wildman–Crippen LogP) is 10.7. The fourth-order valence-electron chi connectivity index (χ4n) is 10.6. The van der Waals surface area contributed by atoms with Gasteiger partial charge in [-0.15, -0.1) is 11.3 Å². The number of methoxy groups -OCH3 is 1. The number of aromatic nitrogens is 2. The number of nitrogens with zero attached hydrogens (tertiary/aromatic N) is 7. The lowest BCUT2D eigenvalue weighted by molar-refractivity contribution is -0.131. The standard InChI is InChI=1S/C49H43BrClN7O6S/c1-24-33-21-26(51)7-18-39(33)65-44(24)37-23-40(56(5)54-37)58-46(61)35-22-34-31(42(49(35,2)48(58)63)25-19-36(50)43(59)38(20-25)64-6)16-17-32-41(34)47(62)57(45(32)60)30-14-10-28(11-15-30)53-52-27-8-12-29(13-9-27)55(3)4/h7-16,18-21,23,32,34-35,41-42,59H,17,22H2,1-6H3/t32-,34+,35-,41-,42-,49+/m0/s1. The SMILES string of the molecule is COc1cc([C@H]2C3=CC[C@@H]4C(=O)N(c5ccc(N=Nc6ccc(N(C)C)cc6)cc5)C(=O)[C@@H]4[C@@H]3C[C@H]3C(=O)N(c4cc(-c5sc6ccc(Cl)cc6c5C)nn4C)C(=O)[C@@]23C)cc(Br)c1O. The molecule has 0 radical (unpaired) electrons. The highest BCUT2D eigenvalue weighted by molar-refractivity contribution is 9.10. The van der Waals surface area contributed by atoms with Crippen LogP contribution in [0.15, 0.2) is 111 Å². The molecule has 65 heavy (non-hydrogen) atoms. The zero-order valence-electron chi connectivity index (χ0n) is 36.2. The monoisotopic (exact) mass is 971 g/mol. The van der Waals surface area contributed by atoms with Gasteiger partial charge in [0.05, 0.1) is 56.7 Å². The van der Waals surface area contributed by atoms with E-state index in [1.165, 1.54) is 16.9 Å². The van der Waals surface area contributed by atoms with E-state index in [-0.39, 0.29) is 36.2 Å². The Morgan fingerprint density at radius 2 is 1.60 bits per heavy atom. The van der Waals surface area contributed by atoms with Crippen LogP contribution in [0.1, 0.15) is 36.8 Å². The number of hydrogen-bond acceptors (Lipinski definition) is 11. The minimum Gasteiger partial charge on any atom is -0.503 e. The lowest BCUT2D eigenvalue weighted by Crippen LogP contribution is -2.49. The van der Waals surface area contributed by atoms with Crippen LogP contribution >= 0.6 is 38.9 Å². The van der Waals surface area contributed by atoms with Crippen molar-refractivity contribution in [2.45, 2.75) is 32.6 Å². The van der Waals surface area contributed by atoms with Gasteiger partial charge in [0.2, 0.25) is 23.6 Å². The molecule has 6 aromatic rings. The van der Waals surface area contributed by atoms with Crippen LogP contribution in [0.25, 0.3) is 20.7 Å². The number of halogens is 2. The van der Waals surface area contributed by atoms with Crippen LogP contribution < -0.4 is 19.4 Å². The van der Waals surface area contributed by atoms with E-state index in [1.54, 1.807) is 65.5 Å². The smallest absolute Gasteiger partial charge is 0.242 e. The molecule has 4 amide bonds. The van der Waals surface area contributed by atoms with Crippen molar-refractivity contribution in [2.24, 2.45) is 46.4 Å². The third-order valence-corrected chi connectivity index (χ3v) is 16.0. The summed E-state index contributed by atoms with van der Waals surface area (Å²) in [5.74, 6) is -4.74. The van der Waals surface area contributed by atoms with Gasteiger partial charge in [0.25, 0.3) is 0 Å². The summed E-state index contributed by atoms with van der Waals surface area (Å²) < 4.78 is 8.54. The normalized spacial score (nSPS) is 23.9. The highest BCUT2D eigenvalue weighted by atomic mass is 79.9. The number of aryl methyl sites for hydroxylation is 2. The van der Waals surface area contributed by atoms with Gasteiger partial charge >= 0.3 is 0 Å². The third-order valence-electron chi connectivity index (χ3n) is 13.8. The second-order valence-corrected chi connectivity index (χ2v) is 19.9. The van der Waals surface area contributed by atoms with Crippen molar-refractivity contribution >= 4 is 101 Å². The summed E-state index contributed by atoms with van der Waals surface area (Å²) in [6.45, 7) is 3.82. The quantitative estimate of drug-likeness (QED) is 0.0900. The molecule has 4 aromatic carbocycles. The van der Waals surface area contributed by atoms with Gasteiger partial charge in [0, 0.05) is 48.5 Å². The first-order valence-electron chi connectivity index (χ1n) is 21.2. The molecule has 2 aromatic heterocycles. The maximum atomic E-state index is 15.3. The van der Waals surface area contributed by atoms with Gasteiger partial charge in [-0.05, 0) is 144 Å². The van der Waals surface area contributed by atoms with E-state index in [4.69, 9.17) is 21.4 Å². The molecule has 330 valence electrons. The molecular weight excluding hydrogens is 930 g/mol. The molecule has 3 fully saturated rings. The van der Waals surface area contributed by atoms with Gasteiger partial charge < -0.3 is 14.7 Å². The Kier molecular flexibility index (Phi) is 10.4. The largest absolute Gasteiger partial charge is 0.503 e. The number of phenolic OH excluding ortho intramolecular Hbond substituents is 1. The van der Waals surface area contributed by atoms with E-state index in [9.17, 15) is 14.7 Å². The lowest BCUT2D eigenvalue weighted by atomic mass is 9.51. The number of imide groups is 2. The number of benzene rings is 4. The van der Waals surface area contributed by atoms with E-state index in [2.05, 4.69) is 26.2 Å². The number of thiophene rings is 1. The molecule has 16 heteroatoms. The number of ether oxygens (including phenoxy) is 1. The summed E-state index contributed by atoms with van der Waals surface area (Å²) in [5, 5.41) is 26.1. The molecule has 4 heterocycles. The summed E-state index contributed by atoms with van der Waals surface area (Å²) in [7, 11) is 7.09. The lowest BCUT2D eigenvalue weighted by Gasteiger charge is -2.49. The number of aromatic hydroxyl groups is 1. The van der Waals surface area contributed by atoms with Crippen molar-refractivity contribution in [2.75, 3.05) is 35.9 Å². The topological polar surface area (TPSA) is 150 Å². The minimum atomic E-state index is -1.34. The number of fused-ring (bicyclic) bond motifs is 5. The Balaban J connectivity index is 1.01. The summed E-state index contributed by atoms with van der Waals surface area (Å²) >= 11 is 11.4. The number of rotatable bonds is 8. The van der Waals surface area contributed by atoms with Crippen molar-refractivity contribution in [1.29, 1.82) is 0 Å². The van der Waals surface area contributed by atoms with Crippen molar-refractivity contribution in [3.05, 3.63) is 117 Å². The Morgan fingerprint density at radius 3 is 2.28 bits per heavy atom. The van der Waals surface area contributed by atoms with Crippen LogP contribution in [-0.2, 0) is 26.2 Å². The highest BCUT2D eigenvalue weighted by Gasteiger charge is 2.68. The van der Waals surface area contributed by atoms with Gasteiger partial charge in [0.15, 0.2) is 11.5 Å². The molecule has 0 spiro atoms. The number of carbonyl (C=O) groups excluding carboxylic acids is 4. The number of amides is 4. The van der Waals surface area contributed by atoms with E-state index in [1.807, 2.05) is 81.4 Å². The Labute approximate surface area is 392 Å². The molecule has 1 saturated carbocycles. The van der Waals surface area contributed by atoms with Crippen LogP contribution in [0.4, 0.5) is 28.6 Å².